The molecule has 0 radical (unpaired) electrons. The molecule has 2 aromatic rings. The van der Waals surface area contributed by atoms with Gasteiger partial charge < -0.3 is 30.1 Å². The molecule has 1 aromatic heterocycles. The third-order valence-electron chi connectivity index (χ3n) is 7.04. The number of nitrogens with one attached hydrogen (secondary N) is 2. The van der Waals surface area contributed by atoms with E-state index in [4.69, 9.17) is 9.72 Å². The van der Waals surface area contributed by atoms with Crippen LogP contribution in [0.4, 0.5) is 23.1 Å². The number of hydrogen-bond donors (Lipinski definition) is 2. The minimum atomic E-state index is -0.118. The maximum absolute atomic E-state index is 12.7. The topological polar surface area (TPSA) is 103 Å². The van der Waals surface area contributed by atoms with E-state index in [-0.39, 0.29) is 17.9 Å². The fourth-order valence-electron chi connectivity index (χ4n) is 4.83. The van der Waals surface area contributed by atoms with Gasteiger partial charge in [-0.25, -0.2) is 4.98 Å². The standard InChI is InChI=1S/C27H39N7O3/c1-19(2)34-16-11-24(35)32(3)22-18-29-27(31-25(22)34)30-21-10-9-20(17-23(21)37-4)26(36)28-12-5-6-13-33-14-7-8-15-33/h9-10,17-19H,5-8,11-16H2,1-4H3,(H,28,36)(H,29,30,31). The fourth-order valence-corrected chi connectivity index (χ4v) is 4.83. The highest BCUT2D eigenvalue weighted by Gasteiger charge is 2.27. The predicted molar refractivity (Wildman–Crippen MR) is 146 cm³/mol. The third-order valence-corrected chi connectivity index (χ3v) is 7.04. The smallest absolute Gasteiger partial charge is 0.251 e. The Morgan fingerprint density at radius 2 is 1.95 bits per heavy atom. The van der Waals surface area contributed by atoms with Crippen LogP contribution in [-0.2, 0) is 4.79 Å². The molecule has 200 valence electrons. The van der Waals surface area contributed by atoms with Crippen LogP contribution in [0, 0.1) is 0 Å². The van der Waals surface area contributed by atoms with E-state index in [0.717, 1.165) is 19.4 Å². The van der Waals surface area contributed by atoms with Gasteiger partial charge in [0.2, 0.25) is 11.9 Å². The summed E-state index contributed by atoms with van der Waals surface area (Å²) >= 11 is 0. The van der Waals surface area contributed by atoms with Crippen molar-refractivity contribution >= 4 is 35.0 Å². The van der Waals surface area contributed by atoms with Crippen molar-refractivity contribution in [3.05, 3.63) is 30.0 Å². The van der Waals surface area contributed by atoms with E-state index < -0.39 is 0 Å². The van der Waals surface area contributed by atoms with Crippen LogP contribution in [0.15, 0.2) is 24.4 Å². The number of carbonyl (C=O) groups is 2. The maximum atomic E-state index is 12.7. The Morgan fingerprint density at radius 1 is 1.16 bits per heavy atom. The minimum absolute atomic E-state index is 0.0378. The summed E-state index contributed by atoms with van der Waals surface area (Å²) in [4.78, 5) is 40.5. The van der Waals surface area contributed by atoms with Crippen molar-refractivity contribution in [2.24, 2.45) is 0 Å². The molecule has 0 saturated carbocycles. The molecule has 0 atom stereocenters. The van der Waals surface area contributed by atoms with Gasteiger partial charge in [0.1, 0.15) is 11.4 Å². The number of methoxy groups -OCH3 is 1. The molecule has 0 spiro atoms. The highest BCUT2D eigenvalue weighted by molar-refractivity contribution is 5.97. The van der Waals surface area contributed by atoms with Crippen LogP contribution in [0.25, 0.3) is 0 Å². The molecule has 0 aliphatic carbocycles. The van der Waals surface area contributed by atoms with Gasteiger partial charge in [0.05, 0.1) is 19.0 Å². The van der Waals surface area contributed by atoms with Crippen LogP contribution in [0.3, 0.4) is 0 Å². The van der Waals surface area contributed by atoms with Gasteiger partial charge in [0.15, 0.2) is 5.82 Å². The predicted octanol–water partition coefficient (Wildman–Crippen LogP) is 3.42. The maximum Gasteiger partial charge on any atom is 0.251 e. The van der Waals surface area contributed by atoms with Crippen molar-refractivity contribution < 1.29 is 14.3 Å². The lowest BCUT2D eigenvalue weighted by atomic mass is 10.1. The lowest BCUT2D eigenvalue weighted by molar-refractivity contribution is -0.118. The van der Waals surface area contributed by atoms with E-state index in [9.17, 15) is 9.59 Å². The Bertz CT molecular complexity index is 1100. The first-order chi connectivity index (χ1) is 17.9. The lowest BCUT2D eigenvalue weighted by Gasteiger charge is -2.27. The molecule has 3 heterocycles. The number of anilines is 4. The number of amides is 2. The normalized spacial score (nSPS) is 16.1. The summed E-state index contributed by atoms with van der Waals surface area (Å²) in [6.45, 7) is 8.92. The van der Waals surface area contributed by atoms with Gasteiger partial charge >= 0.3 is 0 Å². The second-order valence-corrected chi connectivity index (χ2v) is 9.94. The molecule has 2 aliphatic rings. The van der Waals surface area contributed by atoms with Crippen molar-refractivity contribution in [2.45, 2.75) is 52.0 Å². The average Bonchev–Trinajstić information content (AvgIpc) is 3.37. The highest BCUT2D eigenvalue weighted by atomic mass is 16.5. The molecule has 0 bridgehead atoms. The van der Waals surface area contributed by atoms with E-state index in [0.29, 0.717) is 54.0 Å². The summed E-state index contributed by atoms with van der Waals surface area (Å²) in [5.74, 6) is 1.54. The molecule has 0 unspecified atom stereocenters. The number of nitrogens with zero attached hydrogens (tertiary/aromatic N) is 5. The second-order valence-electron chi connectivity index (χ2n) is 9.94. The molecule has 37 heavy (non-hydrogen) atoms. The van der Waals surface area contributed by atoms with Gasteiger partial charge in [-0.2, -0.15) is 4.98 Å². The zero-order valence-electron chi connectivity index (χ0n) is 22.4. The number of rotatable bonds is 10. The number of likely N-dealkylation sites (tertiary alicyclic amines) is 1. The van der Waals surface area contributed by atoms with Crippen molar-refractivity contribution in [1.82, 2.24) is 20.2 Å². The van der Waals surface area contributed by atoms with Crippen LogP contribution in [-0.4, -0.2) is 79.6 Å². The van der Waals surface area contributed by atoms with Crippen molar-refractivity contribution in [1.29, 1.82) is 0 Å². The van der Waals surface area contributed by atoms with Crippen LogP contribution in [0.2, 0.25) is 0 Å². The van der Waals surface area contributed by atoms with Gasteiger partial charge in [0.25, 0.3) is 5.91 Å². The van der Waals surface area contributed by atoms with Crippen LogP contribution < -0.4 is 25.2 Å². The zero-order valence-corrected chi connectivity index (χ0v) is 22.4. The number of carbonyl (C=O) groups excluding carboxylic acids is 2. The Morgan fingerprint density at radius 3 is 2.68 bits per heavy atom. The van der Waals surface area contributed by atoms with E-state index in [1.165, 1.54) is 25.9 Å². The molecule has 10 heteroatoms. The number of benzene rings is 1. The zero-order chi connectivity index (χ0) is 26.4. The number of aromatic nitrogens is 2. The molecular formula is C27H39N7O3. The van der Waals surface area contributed by atoms with Gasteiger partial charge in [-0.05, 0) is 77.4 Å². The molecule has 1 saturated heterocycles. The summed E-state index contributed by atoms with van der Waals surface area (Å²) in [5, 5.41) is 6.23. The number of unbranched alkanes of at least 4 members (excludes halogenated alkanes) is 1. The molecule has 4 rings (SSSR count). The first-order valence-corrected chi connectivity index (χ1v) is 13.2. The van der Waals surface area contributed by atoms with E-state index in [1.807, 2.05) is 0 Å². The largest absolute Gasteiger partial charge is 0.495 e. The highest BCUT2D eigenvalue weighted by Crippen LogP contribution is 2.33. The van der Waals surface area contributed by atoms with E-state index in [1.54, 1.807) is 43.5 Å². The minimum Gasteiger partial charge on any atom is -0.495 e. The summed E-state index contributed by atoms with van der Waals surface area (Å²) in [7, 11) is 3.32. The van der Waals surface area contributed by atoms with Gasteiger partial charge in [0, 0.05) is 38.2 Å². The Kier molecular flexibility index (Phi) is 8.81. The Labute approximate surface area is 219 Å². The fraction of sp³-hybridized carbons (Fsp3) is 0.556. The first kappa shape index (κ1) is 26.7. The van der Waals surface area contributed by atoms with Crippen molar-refractivity contribution in [3.63, 3.8) is 0 Å². The molecule has 1 fully saturated rings. The monoisotopic (exact) mass is 509 g/mol. The van der Waals surface area contributed by atoms with Crippen LogP contribution in [0.1, 0.15) is 56.3 Å². The van der Waals surface area contributed by atoms with Crippen LogP contribution in [0.5, 0.6) is 5.75 Å². The number of hydrogen-bond acceptors (Lipinski definition) is 8. The quantitative estimate of drug-likeness (QED) is 0.470. The number of fused-ring (bicyclic) bond motifs is 1. The third kappa shape index (κ3) is 6.49. The summed E-state index contributed by atoms with van der Waals surface area (Å²) in [6.07, 6.45) is 6.74. The molecule has 2 N–H and O–H groups in total. The lowest BCUT2D eigenvalue weighted by Crippen LogP contribution is -2.32. The summed E-state index contributed by atoms with van der Waals surface area (Å²) in [6, 6.07) is 5.46. The summed E-state index contributed by atoms with van der Waals surface area (Å²) in [5.41, 5.74) is 1.87. The van der Waals surface area contributed by atoms with Gasteiger partial charge in [-0.15, -0.1) is 0 Å². The SMILES string of the molecule is COc1cc(C(=O)NCCCCN2CCCC2)ccc1Nc1ncc2c(n1)N(C(C)C)CCC(=O)N2C. The van der Waals surface area contributed by atoms with Gasteiger partial charge in [-0.1, -0.05) is 0 Å². The van der Waals surface area contributed by atoms with Crippen LogP contribution >= 0.6 is 0 Å². The molecule has 10 nitrogen and oxygen atoms in total. The average molecular weight is 510 g/mol. The van der Waals surface area contributed by atoms with Crippen molar-refractivity contribution in [3.8, 4) is 5.75 Å². The van der Waals surface area contributed by atoms with Gasteiger partial charge in [-0.3, -0.25) is 9.59 Å². The summed E-state index contributed by atoms with van der Waals surface area (Å²) < 4.78 is 5.56. The molecule has 2 aliphatic heterocycles. The van der Waals surface area contributed by atoms with E-state index in [2.05, 4.69) is 39.3 Å². The Hall–Kier alpha value is -3.40. The molecule has 2 amide bonds. The first-order valence-electron chi connectivity index (χ1n) is 13.2. The van der Waals surface area contributed by atoms with Crippen molar-refractivity contribution in [2.75, 3.05) is 62.0 Å². The molecule has 1 aromatic carbocycles. The second kappa shape index (κ2) is 12.2. The number of ether oxygens (including phenoxy) is 1. The van der Waals surface area contributed by atoms with E-state index >= 15 is 0 Å². The molecular weight excluding hydrogens is 470 g/mol. The Balaban J connectivity index is 1.41.